The Bertz CT molecular complexity index is 3780. The zero-order valence-electron chi connectivity index (χ0n) is 47.8. The molecular formula is C56H67N19O2S. The van der Waals surface area contributed by atoms with Crippen LogP contribution in [0.25, 0.3) is 20.8 Å². The van der Waals surface area contributed by atoms with Crippen molar-refractivity contribution in [3.63, 3.8) is 0 Å². The van der Waals surface area contributed by atoms with Crippen molar-refractivity contribution < 1.29 is 9.90 Å². The number of nitrogens with one attached hydrogen (secondary N) is 1. The number of carboxylic acid groups (broad SMARTS) is 1. The van der Waals surface area contributed by atoms with Gasteiger partial charge in [0.25, 0.3) is 5.69 Å². The summed E-state index contributed by atoms with van der Waals surface area (Å²) in [6.45, 7) is 42.8. The number of pyridine rings is 1. The van der Waals surface area contributed by atoms with Gasteiger partial charge >= 0.3 is 5.97 Å². The van der Waals surface area contributed by atoms with Crippen LogP contribution in [0.4, 0.5) is 51.7 Å². The second kappa shape index (κ2) is 20.8. The van der Waals surface area contributed by atoms with Gasteiger partial charge in [-0.05, 0) is 101 Å². The van der Waals surface area contributed by atoms with Crippen molar-refractivity contribution in [2.24, 2.45) is 27.5 Å². The number of fused-ring (bicyclic) bond motifs is 1. The Morgan fingerprint density at radius 2 is 1.27 bits per heavy atom. The van der Waals surface area contributed by atoms with Crippen LogP contribution in [-0.4, -0.2) is 71.8 Å². The van der Waals surface area contributed by atoms with Crippen LogP contribution in [0.1, 0.15) is 143 Å². The van der Waals surface area contributed by atoms with E-state index in [1.54, 1.807) is 4.63 Å². The third-order valence-electron chi connectivity index (χ3n) is 13.2. The van der Waals surface area contributed by atoms with Crippen molar-refractivity contribution in [1.82, 2.24) is 54.1 Å². The van der Waals surface area contributed by atoms with E-state index >= 15 is 0 Å². The minimum absolute atomic E-state index is 0.0192. The molecule has 2 aromatic carbocycles. The van der Waals surface area contributed by atoms with Gasteiger partial charge in [-0.1, -0.05) is 109 Å². The Hall–Kier alpha value is -8.50. The van der Waals surface area contributed by atoms with E-state index in [9.17, 15) is 15.2 Å². The number of aromatic nitrogens is 11. The SMILES string of the molecule is [C-]#[N+]c1c(C(C)(C)C)nn(-c2nnc(-n3nc(C(C)(C)C)c(C#N)c3N=Nc3c(C)cc(N(CCCC(=O)O)c4c(C)cc(C)cc4C)nc3Nc3c(C)cc(C)cc3C)s2)c1N=Nc1c(C(C)(C)C)nn2nc(C)n(C)c12. The third-order valence-corrected chi connectivity index (χ3v) is 14.1. The summed E-state index contributed by atoms with van der Waals surface area (Å²) in [5.74, 6) is 1.08. The van der Waals surface area contributed by atoms with Gasteiger partial charge in [0.1, 0.15) is 29.0 Å². The van der Waals surface area contributed by atoms with E-state index in [0.717, 1.165) is 61.9 Å². The lowest BCUT2D eigenvalue weighted by Crippen LogP contribution is -2.23. The van der Waals surface area contributed by atoms with Crippen molar-refractivity contribution in [2.45, 2.75) is 147 Å². The molecule has 6 heterocycles. The van der Waals surface area contributed by atoms with E-state index in [-0.39, 0.29) is 39.6 Å². The number of nitriles is 1. The number of rotatable bonds is 14. The molecule has 0 radical (unpaired) electrons. The Morgan fingerprint density at radius 3 is 1.82 bits per heavy atom. The molecular weight excluding hydrogens is 1000 g/mol. The fourth-order valence-electron chi connectivity index (χ4n) is 9.60. The summed E-state index contributed by atoms with van der Waals surface area (Å²) in [7, 11) is 1.89. The average molecular weight is 1070 g/mol. The number of carbonyl (C=O) groups is 1. The van der Waals surface area contributed by atoms with E-state index < -0.39 is 22.2 Å². The summed E-state index contributed by atoms with van der Waals surface area (Å²) in [5.41, 5.74) is 10.6. The minimum atomic E-state index is -0.879. The molecule has 0 bridgehead atoms. The predicted molar refractivity (Wildman–Crippen MR) is 304 cm³/mol. The molecule has 0 saturated carbocycles. The lowest BCUT2D eigenvalue weighted by molar-refractivity contribution is -0.137. The van der Waals surface area contributed by atoms with Crippen molar-refractivity contribution in [3.8, 4) is 16.3 Å². The maximum atomic E-state index is 11.8. The van der Waals surface area contributed by atoms with E-state index in [1.165, 1.54) is 9.36 Å². The van der Waals surface area contributed by atoms with E-state index in [0.29, 0.717) is 64.3 Å². The number of hydrogen-bond donors (Lipinski definition) is 2. The molecule has 0 saturated heterocycles. The normalized spacial score (nSPS) is 12.4. The van der Waals surface area contributed by atoms with Crippen LogP contribution in [-0.2, 0) is 28.1 Å². The number of benzene rings is 2. The molecule has 0 aliphatic carbocycles. The van der Waals surface area contributed by atoms with E-state index in [2.05, 4.69) is 88.4 Å². The Morgan fingerprint density at radius 1 is 0.731 bits per heavy atom. The maximum Gasteiger partial charge on any atom is 0.303 e. The van der Waals surface area contributed by atoms with Crippen molar-refractivity contribution in [2.75, 3.05) is 16.8 Å². The van der Waals surface area contributed by atoms with Gasteiger partial charge in [0.05, 0.1) is 23.7 Å². The van der Waals surface area contributed by atoms with Crippen LogP contribution >= 0.6 is 11.3 Å². The minimum Gasteiger partial charge on any atom is -0.481 e. The molecule has 8 rings (SSSR count). The molecule has 6 aromatic heterocycles. The second-order valence-electron chi connectivity index (χ2n) is 23.0. The maximum absolute atomic E-state index is 11.8. The van der Waals surface area contributed by atoms with Gasteiger partial charge in [0, 0.05) is 42.2 Å². The van der Waals surface area contributed by atoms with E-state index in [1.807, 2.05) is 108 Å². The van der Waals surface area contributed by atoms with Crippen LogP contribution in [0, 0.1) is 73.3 Å². The summed E-state index contributed by atoms with van der Waals surface area (Å²) in [6, 6.07) is 12.7. The first-order chi connectivity index (χ1) is 36.5. The van der Waals surface area contributed by atoms with Crippen molar-refractivity contribution >= 4 is 74.7 Å². The average Bonchev–Trinajstić information content (AvgIpc) is 4.16. The van der Waals surface area contributed by atoms with Crippen molar-refractivity contribution in [1.29, 1.82) is 5.26 Å². The first-order valence-electron chi connectivity index (χ1n) is 25.6. The molecule has 0 aliphatic rings. The number of aliphatic carboxylic acids is 1. The summed E-state index contributed by atoms with van der Waals surface area (Å²) >= 11 is 1.11. The molecule has 404 valence electrons. The van der Waals surface area contributed by atoms with Crippen molar-refractivity contribution in [3.05, 3.63) is 109 Å². The van der Waals surface area contributed by atoms with Gasteiger partial charge in [-0.3, -0.25) is 4.79 Å². The summed E-state index contributed by atoms with van der Waals surface area (Å²) in [4.78, 5) is 23.1. The smallest absolute Gasteiger partial charge is 0.303 e. The van der Waals surface area contributed by atoms with Crippen LogP contribution < -0.4 is 10.2 Å². The highest BCUT2D eigenvalue weighted by molar-refractivity contribution is 7.16. The molecule has 22 heteroatoms. The third kappa shape index (κ3) is 10.8. The van der Waals surface area contributed by atoms with Crippen LogP contribution in [0.3, 0.4) is 0 Å². The van der Waals surface area contributed by atoms with Crippen LogP contribution in [0.15, 0.2) is 50.8 Å². The number of carboxylic acids is 1. The molecule has 21 nitrogen and oxygen atoms in total. The standard InChI is InChI=1S/C56H67N19O2S/c1-29-23-31(3)40(32(4)24-29)60-48-41(33(5)27-38(59-48)72(22-20-21-39(76)77)44-34(6)25-30(2)26-35(44)7)61-63-49-37(28-57)45(54(9,10)11)68-73(49)52-65-66-53(78-52)74-50(42(58-18)46(69-74)55(12,13)14)64-62-43-47(56(15,16)17)70-75-51(43)71(19)36(8)67-75/h23-27H,20-22H2,1-17,19H3,(H,59,60)(H,76,77). The van der Waals surface area contributed by atoms with Gasteiger partial charge in [-0.2, -0.15) is 29.9 Å². The molecule has 2 N–H and O–H groups in total. The lowest BCUT2D eigenvalue weighted by atomic mass is 9.90. The zero-order valence-corrected chi connectivity index (χ0v) is 48.6. The van der Waals surface area contributed by atoms with Crippen LogP contribution in [0.2, 0.25) is 0 Å². The summed E-state index contributed by atoms with van der Waals surface area (Å²) in [6.07, 6.45) is 0.353. The fourth-order valence-corrected chi connectivity index (χ4v) is 10.4. The highest BCUT2D eigenvalue weighted by Gasteiger charge is 2.34. The lowest BCUT2D eigenvalue weighted by Gasteiger charge is -2.29. The number of aryl methyl sites for hydroxylation is 9. The Balaban J connectivity index is 1.30. The first kappa shape index (κ1) is 55.7. The van der Waals surface area contributed by atoms with Gasteiger partial charge < -0.3 is 19.9 Å². The van der Waals surface area contributed by atoms with Gasteiger partial charge in [-0.15, -0.1) is 40.4 Å². The molecule has 0 amide bonds. The monoisotopic (exact) mass is 1070 g/mol. The Kier molecular flexibility index (Phi) is 14.9. The van der Waals surface area contributed by atoms with Gasteiger partial charge in [0.2, 0.25) is 10.3 Å². The zero-order chi connectivity index (χ0) is 57.1. The molecule has 0 unspecified atom stereocenters. The van der Waals surface area contributed by atoms with Crippen LogP contribution in [0.5, 0.6) is 0 Å². The molecule has 8 aromatic rings. The summed E-state index contributed by atoms with van der Waals surface area (Å²) < 4.78 is 6.39. The highest BCUT2D eigenvalue weighted by Crippen LogP contribution is 2.45. The topological polar surface area (TPSA) is 240 Å². The summed E-state index contributed by atoms with van der Waals surface area (Å²) in [5, 5.41) is 72.7. The van der Waals surface area contributed by atoms with Gasteiger partial charge in [-0.25, -0.2) is 9.83 Å². The number of anilines is 4. The van der Waals surface area contributed by atoms with E-state index in [4.69, 9.17) is 47.3 Å². The largest absolute Gasteiger partial charge is 0.481 e. The first-order valence-corrected chi connectivity index (χ1v) is 26.4. The molecule has 0 spiro atoms. The molecule has 78 heavy (non-hydrogen) atoms. The number of azo groups is 2. The quantitative estimate of drug-likeness (QED) is 0.0763. The molecule has 0 aliphatic heterocycles. The molecule has 0 atom stereocenters. The predicted octanol–water partition coefficient (Wildman–Crippen LogP) is 14.0. The second-order valence-corrected chi connectivity index (χ2v) is 24.0. The fraction of sp³-hybridized carbons (Fsp3) is 0.429. The number of nitrogens with zero attached hydrogens (tertiary/aromatic N) is 18. The number of hydrogen-bond acceptors (Lipinski definition) is 16. The highest BCUT2D eigenvalue weighted by atomic mass is 32.1. The molecule has 0 fully saturated rings. The van der Waals surface area contributed by atoms with Gasteiger partial charge in [0.15, 0.2) is 28.8 Å². The Labute approximate surface area is 458 Å².